The van der Waals surface area contributed by atoms with Crippen molar-refractivity contribution in [1.82, 2.24) is 9.97 Å². The van der Waals surface area contributed by atoms with E-state index >= 15 is 0 Å². The van der Waals surface area contributed by atoms with Crippen LogP contribution in [0.25, 0.3) is 0 Å². The molecule has 0 bridgehead atoms. The summed E-state index contributed by atoms with van der Waals surface area (Å²) in [5.41, 5.74) is 4.52. The fourth-order valence-corrected chi connectivity index (χ4v) is 3.07. The van der Waals surface area contributed by atoms with Gasteiger partial charge in [0.05, 0.1) is 7.11 Å². The highest BCUT2D eigenvalue weighted by molar-refractivity contribution is 5.62. The Bertz CT molecular complexity index is 907. The second-order valence-corrected chi connectivity index (χ2v) is 7.11. The van der Waals surface area contributed by atoms with Gasteiger partial charge in [-0.25, -0.2) is 4.98 Å². The molecular formula is C23H28N4O. The molecule has 2 aromatic carbocycles. The van der Waals surface area contributed by atoms with Gasteiger partial charge in [-0.3, -0.25) is 0 Å². The molecule has 5 heteroatoms. The Morgan fingerprint density at radius 3 is 2.46 bits per heavy atom. The standard InChI is InChI=1S/C23H28N4O/c1-16(2)20-7-5-6-8-21(20)26-22-15-17(3)25-23(27-22)24-14-13-18-9-11-19(28-4)12-10-18/h5-12,15-16H,13-14H2,1-4H3,(H2,24,25,26,27). The quantitative estimate of drug-likeness (QED) is 0.557. The van der Waals surface area contributed by atoms with Crippen molar-refractivity contribution >= 4 is 17.5 Å². The van der Waals surface area contributed by atoms with Gasteiger partial charge in [0.15, 0.2) is 0 Å². The Labute approximate surface area is 167 Å². The van der Waals surface area contributed by atoms with Crippen molar-refractivity contribution in [3.05, 3.63) is 71.4 Å². The highest BCUT2D eigenvalue weighted by atomic mass is 16.5. The molecule has 0 spiro atoms. The van der Waals surface area contributed by atoms with Crippen LogP contribution in [-0.4, -0.2) is 23.6 Å². The summed E-state index contributed by atoms with van der Waals surface area (Å²) in [7, 11) is 1.68. The van der Waals surface area contributed by atoms with Crippen LogP contribution in [0.2, 0.25) is 0 Å². The molecule has 0 saturated heterocycles. The van der Waals surface area contributed by atoms with E-state index in [-0.39, 0.29) is 0 Å². The first-order chi connectivity index (χ1) is 13.5. The predicted molar refractivity (Wildman–Crippen MR) is 116 cm³/mol. The second kappa shape index (κ2) is 9.22. The summed E-state index contributed by atoms with van der Waals surface area (Å²) in [5.74, 6) is 2.75. The first-order valence-electron chi connectivity index (χ1n) is 9.63. The SMILES string of the molecule is COc1ccc(CCNc2nc(C)cc(Nc3ccccc3C(C)C)n2)cc1. The first kappa shape index (κ1) is 19.7. The molecule has 0 amide bonds. The molecule has 0 fully saturated rings. The van der Waals surface area contributed by atoms with Crippen molar-refractivity contribution in [2.75, 3.05) is 24.3 Å². The van der Waals surface area contributed by atoms with Gasteiger partial charge in [0.2, 0.25) is 5.95 Å². The lowest BCUT2D eigenvalue weighted by Crippen LogP contribution is -2.10. The number of rotatable bonds is 8. The van der Waals surface area contributed by atoms with Gasteiger partial charge in [-0.15, -0.1) is 0 Å². The highest BCUT2D eigenvalue weighted by Gasteiger charge is 2.08. The largest absolute Gasteiger partial charge is 0.497 e. The van der Waals surface area contributed by atoms with E-state index in [0.29, 0.717) is 11.9 Å². The summed E-state index contributed by atoms with van der Waals surface area (Å²) < 4.78 is 5.20. The van der Waals surface area contributed by atoms with Crippen LogP contribution in [0, 0.1) is 6.92 Å². The number of hydrogen-bond donors (Lipinski definition) is 2. The van der Waals surface area contributed by atoms with Crippen molar-refractivity contribution < 1.29 is 4.74 Å². The summed E-state index contributed by atoms with van der Waals surface area (Å²) >= 11 is 0. The van der Waals surface area contributed by atoms with Gasteiger partial charge in [0.25, 0.3) is 0 Å². The van der Waals surface area contributed by atoms with Gasteiger partial charge in [0, 0.05) is 24.0 Å². The zero-order valence-corrected chi connectivity index (χ0v) is 17.0. The van der Waals surface area contributed by atoms with Crippen LogP contribution in [-0.2, 0) is 6.42 Å². The van der Waals surface area contributed by atoms with Gasteiger partial charge in [0.1, 0.15) is 11.6 Å². The monoisotopic (exact) mass is 376 g/mol. The maximum absolute atomic E-state index is 5.20. The third-order valence-electron chi connectivity index (χ3n) is 4.56. The molecule has 0 aliphatic carbocycles. The molecule has 1 aromatic heterocycles. The van der Waals surface area contributed by atoms with Gasteiger partial charge in [-0.2, -0.15) is 4.98 Å². The highest BCUT2D eigenvalue weighted by Crippen LogP contribution is 2.26. The van der Waals surface area contributed by atoms with Crippen LogP contribution in [0.1, 0.15) is 36.6 Å². The average Bonchev–Trinajstić information content (AvgIpc) is 2.68. The Morgan fingerprint density at radius 2 is 1.75 bits per heavy atom. The van der Waals surface area contributed by atoms with Crippen LogP contribution in [0.5, 0.6) is 5.75 Å². The van der Waals surface area contributed by atoms with Crippen LogP contribution in [0.15, 0.2) is 54.6 Å². The van der Waals surface area contributed by atoms with Crippen molar-refractivity contribution in [2.45, 2.75) is 33.1 Å². The summed E-state index contributed by atoms with van der Waals surface area (Å²) in [4.78, 5) is 9.14. The molecule has 0 atom stereocenters. The number of aromatic nitrogens is 2. The van der Waals surface area contributed by atoms with Crippen LogP contribution >= 0.6 is 0 Å². The fourth-order valence-electron chi connectivity index (χ4n) is 3.07. The van der Waals surface area contributed by atoms with Crippen LogP contribution < -0.4 is 15.4 Å². The molecule has 2 N–H and O–H groups in total. The summed E-state index contributed by atoms with van der Waals surface area (Å²) in [5, 5.41) is 6.78. The van der Waals surface area contributed by atoms with E-state index < -0.39 is 0 Å². The lowest BCUT2D eigenvalue weighted by Gasteiger charge is -2.15. The smallest absolute Gasteiger partial charge is 0.224 e. The molecule has 3 rings (SSSR count). The number of nitrogens with one attached hydrogen (secondary N) is 2. The van der Waals surface area contributed by atoms with Gasteiger partial charge < -0.3 is 15.4 Å². The molecule has 3 aromatic rings. The second-order valence-electron chi connectivity index (χ2n) is 7.11. The van der Waals surface area contributed by atoms with E-state index in [0.717, 1.165) is 35.9 Å². The maximum Gasteiger partial charge on any atom is 0.224 e. The van der Waals surface area contributed by atoms with E-state index in [1.807, 2.05) is 31.2 Å². The van der Waals surface area contributed by atoms with E-state index in [1.54, 1.807) is 7.11 Å². The van der Waals surface area contributed by atoms with Gasteiger partial charge in [-0.1, -0.05) is 44.2 Å². The Balaban J connectivity index is 1.66. The molecule has 5 nitrogen and oxygen atoms in total. The minimum atomic E-state index is 0.439. The number of nitrogens with zero attached hydrogens (tertiary/aromatic N) is 2. The normalized spacial score (nSPS) is 10.8. The molecular weight excluding hydrogens is 348 g/mol. The molecule has 28 heavy (non-hydrogen) atoms. The van der Waals surface area contributed by atoms with Crippen molar-refractivity contribution in [3.8, 4) is 5.75 Å². The molecule has 0 unspecified atom stereocenters. The summed E-state index contributed by atoms with van der Waals surface area (Å²) in [6, 6.07) is 18.4. The van der Waals surface area contributed by atoms with Gasteiger partial charge in [-0.05, 0) is 48.6 Å². The van der Waals surface area contributed by atoms with Crippen molar-refractivity contribution in [2.24, 2.45) is 0 Å². The number of para-hydroxylation sites is 1. The fraction of sp³-hybridized carbons (Fsp3) is 0.304. The van der Waals surface area contributed by atoms with Crippen LogP contribution in [0.3, 0.4) is 0 Å². The number of hydrogen-bond acceptors (Lipinski definition) is 5. The summed E-state index contributed by atoms with van der Waals surface area (Å²) in [6.07, 6.45) is 0.889. The Morgan fingerprint density at radius 1 is 1.00 bits per heavy atom. The van der Waals surface area contributed by atoms with Crippen LogP contribution in [0.4, 0.5) is 17.5 Å². The number of anilines is 3. The van der Waals surface area contributed by atoms with E-state index in [2.05, 4.69) is 64.8 Å². The molecule has 0 radical (unpaired) electrons. The topological polar surface area (TPSA) is 59.1 Å². The van der Waals surface area contributed by atoms with Crippen molar-refractivity contribution in [3.63, 3.8) is 0 Å². The van der Waals surface area contributed by atoms with E-state index in [9.17, 15) is 0 Å². The molecule has 146 valence electrons. The summed E-state index contributed by atoms with van der Waals surface area (Å²) in [6.45, 7) is 7.13. The maximum atomic E-state index is 5.20. The Kier molecular flexibility index (Phi) is 6.48. The predicted octanol–water partition coefficient (Wildman–Crippen LogP) is 5.32. The zero-order chi connectivity index (χ0) is 19.9. The molecule has 0 aliphatic rings. The Hall–Kier alpha value is -3.08. The average molecular weight is 377 g/mol. The zero-order valence-electron chi connectivity index (χ0n) is 17.0. The minimum Gasteiger partial charge on any atom is -0.497 e. The third kappa shape index (κ3) is 5.22. The molecule has 0 aliphatic heterocycles. The lowest BCUT2D eigenvalue weighted by molar-refractivity contribution is 0.414. The van der Waals surface area contributed by atoms with Crippen molar-refractivity contribution in [1.29, 1.82) is 0 Å². The number of methoxy groups -OCH3 is 1. The number of aryl methyl sites for hydroxylation is 1. The lowest BCUT2D eigenvalue weighted by atomic mass is 10.0. The van der Waals surface area contributed by atoms with E-state index in [4.69, 9.17) is 4.74 Å². The number of benzene rings is 2. The molecule has 0 saturated carbocycles. The first-order valence-corrected chi connectivity index (χ1v) is 9.63. The third-order valence-corrected chi connectivity index (χ3v) is 4.56. The number of ether oxygens (including phenoxy) is 1. The minimum absolute atomic E-state index is 0.439. The molecule has 1 heterocycles. The van der Waals surface area contributed by atoms with Gasteiger partial charge >= 0.3 is 0 Å². The van der Waals surface area contributed by atoms with E-state index in [1.165, 1.54) is 11.1 Å².